The third-order valence-electron chi connectivity index (χ3n) is 2.59. The van der Waals surface area contributed by atoms with Crippen molar-refractivity contribution in [3.05, 3.63) is 23.5 Å². The lowest BCUT2D eigenvalue weighted by molar-refractivity contribution is 0.0259. The number of methoxy groups -OCH3 is 1. The molecule has 16 heavy (non-hydrogen) atoms. The fourth-order valence-corrected chi connectivity index (χ4v) is 1.79. The number of hydrogen-bond donors (Lipinski definition) is 2. The van der Waals surface area contributed by atoms with E-state index in [2.05, 4.69) is 5.32 Å². The van der Waals surface area contributed by atoms with Crippen LogP contribution >= 0.6 is 0 Å². The number of benzene rings is 1. The molecule has 0 amide bonds. The minimum absolute atomic E-state index is 0.0497. The van der Waals surface area contributed by atoms with Crippen molar-refractivity contribution < 1.29 is 19.0 Å². The second-order valence-corrected chi connectivity index (χ2v) is 3.58. The first kappa shape index (κ1) is 11.2. The van der Waals surface area contributed by atoms with Gasteiger partial charge in [0.2, 0.25) is 5.82 Å². The van der Waals surface area contributed by atoms with Gasteiger partial charge < -0.3 is 19.9 Å². The van der Waals surface area contributed by atoms with E-state index in [0.717, 1.165) is 6.54 Å². The summed E-state index contributed by atoms with van der Waals surface area (Å²) in [4.78, 5) is 0. The van der Waals surface area contributed by atoms with E-state index >= 15 is 0 Å². The summed E-state index contributed by atoms with van der Waals surface area (Å²) in [6.07, 6.45) is -0.237. The van der Waals surface area contributed by atoms with Gasteiger partial charge in [0.1, 0.15) is 0 Å². The predicted molar refractivity (Wildman–Crippen MR) is 56.2 cm³/mol. The Labute approximate surface area is 93.0 Å². The molecule has 0 aliphatic carbocycles. The molecular weight excluding hydrogens is 213 g/mol. The van der Waals surface area contributed by atoms with Crippen molar-refractivity contribution in [2.24, 2.45) is 0 Å². The van der Waals surface area contributed by atoms with Crippen molar-refractivity contribution >= 4 is 0 Å². The summed E-state index contributed by atoms with van der Waals surface area (Å²) in [6, 6.07) is 2.93. The molecule has 1 aromatic rings. The average molecular weight is 227 g/mol. The first-order chi connectivity index (χ1) is 7.74. The summed E-state index contributed by atoms with van der Waals surface area (Å²) in [7, 11) is 1.37. The van der Waals surface area contributed by atoms with Crippen molar-refractivity contribution in [1.29, 1.82) is 0 Å². The SMILES string of the molecule is COc1c(C2CNCCO2)ccc(O)c1F. The Morgan fingerprint density at radius 1 is 1.56 bits per heavy atom. The molecule has 1 aliphatic heterocycles. The third kappa shape index (κ3) is 1.96. The van der Waals surface area contributed by atoms with Crippen molar-refractivity contribution in [1.82, 2.24) is 5.32 Å². The van der Waals surface area contributed by atoms with E-state index < -0.39 is 11.6 Å². The summed E-state index contributed by atoms with van der Waals surface area (Å²) in [5.41, 5.74) is 0.616. The maximum atomic E-state index is 13.6. The molecule has 1 aliphatic rings. The Hall–Kier alpha value is -1.33. The van der Waals surface area contributed by atoms with E-state index in [1.165, 1.54) is 13.2 Å². The number of halogens is 1. The smallest absolute Gasteiger partial charge is 0.206 e. The van der Waals surface area contributed by atoms with E-state index in [0.29, 0.717) is 18.7 Å². The molecule has 5 heteroatoms. The molecule has 0 spiro atoms. The van der Waals surface area contributed by atoms with Crippen LogP contribution in [-0.4, -0.2) is 31.9 Å². The molecule has 0 radical (unpaired) electrons. The highest BCUT2D eigenvalue weighted by Gasteiger charge is 2.23. The first-order valence-electron chi connectivity index (χ1n) is 5.11. The van der Waals surface area contributed by atoms with Crippen LogP contribution in [0.5, 0.6) is 11.5 Å². The van der Waals surface area contributed by atoms with Crippen LogP contribution in [-0.2, 0) is 4.74 Å². The first-order valence-corrected chi connectivity index (χ1v) is 5.11. The molecule has 0 bridgehead atoms. The molecule has 0 aromatic heterocycles. The van der Waals surface area contributed by atoms with Gasteiger partial charge in [0.25, 0.3) is 0 Å². The number of nitrogens with one attached hydrogen (secondary N) is 1. The van der Waals surface area contributed by atoms with Crippen molar-refractivity contribution in [2.45, 2.75) is 6.10 Å². The van der Waals surface area contributed by atoms with Crippen LogP contribution in [0.25, 0.3) is 0 Å². The molecule has 1 fully saturated rings. The molecular formula is C11H14FNO3. The Bertz CT molecular complexity index is 378. The minimum atomic E-state index is -0.742. The van der Waals surface area contributed by atoms with Crippen LogP contribution in [0.4, 0.5) is 4.39 Å². The summed E-state index contributed by atoms with van der Waals surface area (Å²) in [6.45, 7) is 1.98. The van der Waals surface area contributed by atoms with Gasteiger partial charge in [-0.3, -0.25) is 0 Å². The fraction of sp³-hybridized carbons (Fsp3) is 0.455. The molecule has 1 saturated heterocycles. The number of rotatable bonds is 2. The minimum Gasteiger partial charge on any atom is -0.505 e. The lowest BCUT2D eigenvalue weighted by atomic mass is 10.1. The molecule has 1 atom stereocenters. The molecule has 2 rings (SSSR count). The Kier molecular flexibility index (Phi) is 3.26. The molecule has 4 nitrogen and oxygen atoms in total. The second-order valence-electron chi connectivity index (χ2n) is 3.58. The summed E-state index contributed by atoms with van der Waals surface area (Å²) in [5.74, 6) is -1.10. The number of aromatic hydroxyl groups is 1. The normalized spacial score (nSPS) is 20.8. The molecule has 1 heterocycles. The van der Waals surface area contributed by atoms with Gasteiger partial charge in [-0.25, -0.2) is 0 Å². The van der Waals surface area contributed by atoms with E-state index in [1.807, 2.05) is 0 Å². The quantitative estimate of drug-likeness (QED) is 0.797. The van der Waals surface area contributed by atoms with Crippen LogP contribution in [0.1, 0.15) is 11.7 Å². The summed E-state index contributed by atoms with van der Waals surface area (Å²) in [5, 5.41) is 12.4. The summed E-state index contributed by atoms with van der Waals surface area (Å²) < 4.78 is 24.0. The van der Waals surface area contributed by atoms with Gasteiger partial charge in [-0.1, -0.05) is 0 Å². The monoisotopic (exact) mass is 227 g/mol. The van der Waals surface area contributed by atoms with E-state index in [4.69, 9.17) is 9.47 Å². The standard InChI is InChI=1S/C11H14FNO3/c1-15-11-7(2-3-8(14)10(11)12)9-6-13-4-5-16-9/h2-3,9,13-14H,4-6H2,1H3. The summed E-state index contributed by atoms with van der Waals surface area (Å²) >= 11 is 0. The zero-order chi connectivity index (χ0) is 11.5. The highest BCUT2D eigenvalue weighted by Crippen LogP contribution is 2.34. The zero-order valence-electron chi connectivity index (χ0n) is 9.00. The lowest BCUT2D eigenvalue weighted by Gasteiger charge is -2.25. The molecule has 2 N–H and O–H groups in total. The number of ether oxygens (including phenoxy) is 2. The highest BCUT2D eigenvalue weighted by atomic mass is 19.1. The van der Waals surface area contributed by atoms with Gasteiger partial charge in [-0.05, 0) is 12.1 Å². The van der Waals surface area contributed by atoms with Gasteiger partial charge in [-0.2, -0.15) is 4.39 Å². The number of hydrogen-bond acceptors (Lipinski definition) is 4. The predicted octanol–water partition coefficient (Wildman–Crippen LogP) is 1.20. The fourth-order valence-electron chi connectivity index (χ4n) is 1.79. The molecule has 1 aromatic carbocycles. The zero-order valence-corrected chi connectivity index (χ0v) is 9.00. The van der Waals surface area contributed by atoms with Gasteiger partial charge in [-0.15, -0.1) is 0 Å². The van der Waals surface area contributed by atoms with Gasteiger partial charge in [0, 0.05) is 18.7 Å². The van der Waals surface area contributed by atoms with Gasteiger partial charge in [0.15, 0.2) is 11.5 Å². The maximum Gasteiger partial charge on any atom is 0.206 e. The Morgan fingerprint density at radius 3 is 3.00 bits per heavy atom. The van der Waals surface area contributed by atoms with Crippen molar-refractivity contribution in [3.63, 3.8) is 0 Å². The van der Waals surface area contributed by atoms with Gasteiger partial charge >= 0.3 is 0 Å². The van der Waals surface area contributed by atoms with Crippen LogP contribution in [0.15, 0.2) is 12.1 Å². The number of phenolic OH excluding ortho intramolecular Hbond substituents is 1. The van der Waals surface area contributed by atoms with Crippen molar-refractivity contribution in [3.8, 4) is 11.5 Å². The molecule has 0 saturated carbocycles. The largest absolute Gasteiger partial charge is 0.505 e. The average Bonchev–Trinajstić information content (AvgIpc) is 2.33. The maximum absolute atomic E-state index is 13.6. The van der Waals surface area contributed by atoms with Crippen LogP contribution in [0.3, 0.4) is 0 Å². The van der Waals surface area contributed by atoms with E-state index in [9.17, 15) is 9.50 Å². The molecule has 88 valence electrons. The van der Waals surface area contributed by atoms with E-state index in [-0.39, 0.29) is 11.9 Å². The van der Waals surface area contributed by atoms with Crippen molar-refractivity contribution in [2.75, 3.05) is 26.8 Å². The molecule has 1 unspecified atom stereocenters. The van der Waals surface area contributed by atoms with E-state index in [1.54, 1.807) is 6.07 Å². The van der Waals surface area contributed by atoms with Crippen LogP contribution in [0.2, 0.25) is 0 Å². The second kappa shape index (κ2) is 4.67. The topological polar surface area (TPSA) is 50.7 Å². The Morgan fingerprint density at radius 2 is 2.38 bits per heavy atom. The lowest BCUT2D eigenvalue weighted by Crippen LogP contribution is -2.33. The number of morpholine rings is 1. The van der Waals surface area contributed by atoms with Gasteiger partial charge in [0.05, 0.1) is 19.8 Å². The Balaban J connectivity index is 2.35. The number of phenols is 1. The highest BCUT2D eigenvalue weighted by molar-refractivity contribution is 5.43. The van der Waals surface area contributed by atoms with Crippen LogP contribution < -0.4 is 10.1 Å². The third-order valence-corrected chi connectivity index (χ3v) is 2.59. The van der Waals surface area contributed by atoms with Crippen LogP contribution in [0, 0.1) is 5.82 Å².